The lowest BCUT2D eigenvalue weighted by atomic mass is 10.2. The molecule has 21 heavy (non-hydrogen) atoms. The predicted octanol–water partition coefficient (Wildman–Crippen LogP) is 4.25. The van der Waals surface area contributed by atoms with Crippen LogP contribution in [0, 0.1) is 11.3 Å². The van der Waals surface area contributed by atoms with Gasteiger partial charge in [0.05, 0.1) is 30.3 Å². The standard InChI is InChI=1S/C15H12BrClN2O2/c16-13-5-4-11(9-14(13)17)15(20)19(7-2-6-18)10-12-3-1-8-21-12/h1,3-5,8-9H,2,7,10H2. The minimum atomic E-state index is -0.184. The van der Waals surface area contributed by atoms with Crippen LogP contribution in [0.25, 0.3) is 0 Å². The zero-order chi connectivity index (χ0) is 15.2. The van der Waals surface area contributed by atoms with Crippen molar-refractivity contribution in [1.82, 2.24) is 4.90 Å². The van der Waals surface area contributed by atoms with Crippen molar-refractivity contribution >= 4 is 33.4 Å². The molecule has 2 rings (SSSR count). The highest BCUT2D eigenvalue weighted by molar-refractivity contribution is 9.10. The van der Waals surface area contributed by atoms with Crippen LogP contribution in [0.2, 0.25) is 5.02 Å². The highest BCUT2D eigenvalue weighted by Gasteiger charge is 2.17. The molecule has 0 atom stereocenters. The number of rotatable bonds is 5. The molecule has 1 amide bonds. The summed E-state index contributed by atoms with van der Waals surface area (Å²) in [7, 11) is 0. The quantitative estimate of drug-likeness (QED) is 0.793. The second-order valence-corrected chi connectivity index (χ2v) is 5.60. The van der Waals surface area contributed by atoms with E-state index in [0.717, 1.165) is 4.47 Å². The molecule has 0 saturated heterocycles. The van der Waals surface area contributed by atoms with Crippen LogP contribution < -0.4 is 0 Å². The van der Waals surface area contributed by atoms with Crippen molar-refractivity contribution < 1.29 is 9.21 Å². The number of nitriles is 1. The summed E-state index contributed by atoms with van der Waals surface area (Å²) in [5.74, 6) is 0.487. The van der Waals surface area contributed by atoms with Gasteiger partial charge >= 0.3 is 0 Å². The number of halogens is 2. The molecule has 0 aliphatic heterocycles. The Balaban J connectivity index is 2.20. The summed E-state index contributed by atoms with van der Waals surface area (Å²) in [6.07, 6.45) is 1.81. The maximum absolute atomic E-state index is 12.5. The summed E-state index contributed by atoms with van der Waals surface area (Å²) in [5.41, 5.74) is 0.479. The van der Waals surface area contributed by atoms with Gasteiger partial charge in [-0.2, -0.15) is 5.26 Å². The molecule has 0 radical (unpaired) electrons. The average Bonchev–Trinajstić information content (AvgIpc) is 2.98. The van der Waals surface area contributed by atoms with Crippen molar-refractivity contribution in [3.8, 4) is 6.07 Å². The van der Waals surface area contributed by atoms with Crippen LogP contribution in [0.3, 0.4) is 0 Å². The Kier molecular flexibility index (Phi) is 5.43. The smallest absolute Gasteiger partial charge is 0.254 e. The van der Waals surface area contributed by atoms with Gasteiger partial charge in [0.15, 0.2) is 0 Å². The minimum Gasteiger partial charge on any atom is -0.467 e. The van der Waals surface area contributed by atoms with Crippen molar-refractivity contribution in [2.45, 2.75) is 13.0 Å². The Morgan fingerprint density at radius 3 is 2.86 bits per heavy atom. The number of carbonyl (C=O) groups is 1. The van der Waals surface area contributed by atoms with Crippen LogP contribution in [0.1, 0.15) is 22.5 Å². The van der Waals surface area contributed by atoms with Gasteiger partial charge < -0.3 is 9.32 Å². The molecular weight excluding hydrogens is 356 g/mol. The molecule has 1 heterocycles. The largest absolute Gasteiger partial charge is 0.467 e. The molecule has 0 aliphatic carbocycles. The summed E-state index contributed by atoms with van der Waals surface area (Å²) in [5, 5.41) is 9.21. The van der Waals surface area contributed by atoms with Crippen molar-refractivity contribution in [2.24, 2.45) is 0 Å². The Morgan fingerprint density at radius 1 is 1.43 bits per heavy atom. The molecule has 6 heteroatoms. The molecule has 1 aromatic carbocycles. The number of amides is 1. The van der Waals surface area contributed by atoms with Gasteiger partial charge in [-0.1, -0.05) is 11.6 Å². The molecule has 4 nitrogen and oxygen atoms in total. The van der Waals surface area contributed by atoms with E-state index < -0.39 is 0 Å². The fraction of sp³-hybridized carbons (Fsp3) is 0.200. The zero-order valence-electron chi connectivity index (χ0n) is 11.1. The Bertz CT molecular complexity index is 665. The average molecular weight is 368 g/mol. The second kappa shape index (κ2) is 7.30. The fourth-order valence-corrected chi connectivity index (χ4v) is 2.27. The zero-order valence-corrected chi connectivity index (χ0v) is 13.4. The molecule has 0 bridgehead atoms. The third-order valence-electron chi connectivity index (χ3n) is 2.87. The van der Waals surface area contributed by atoms with Crippen molar-refractivity contribution in [1.29, 1.82) is 5.26 Å². The molecule has 0 fully saturated rings. The first-order valence-electron chi connectivity index (χ1n) is 6.25. The number of nitrogens with zero attached hydrogens (tertiary/aromatic N) is 2. The lowest BCUT2D eigenvalue weighted by molar-refractivity contribution is 0.0735. The van der Waals surface area contributed by atoms with Crippen molar-refractivity contribution in [3.05, 3.63) is 57.4 Å². The first-order valence-corrected chi connectivity index (χ1v) is 7.42. The summed E-state index contributed by atoms with van der Waals surface area (Å²) < 4.78 is 5.99. The number of hydrogen-bond acceptors (Lipinski definition) is 3. The topological polar surface area (TPSA) is 57.2 Å². The van der Waals surface area contributed by atoms with Crippen LogP contribution in [-0.2, 0) is 6.54 Å². The predicted molar refractivity (Wildman–Crippen MR) is 82.8 cm³/mol. The van der Waals surface area contributed by atoms with E-state index in [9.17, 15) is 4.79 Å². The number of benzene rings is 1. The van der Waals surface area contributed by atoms with Gasteiger partial charge in [0.1, 0.15) is 5.76 Å². The Morgan fingerprint density at radius 2 is 2.24 bits per heavy atom. The van der Waals surface area contributed by atoms with Gasteiger partial charge in [-0.3, -0.25) is 4.79 Å². The molecule has 0 unspecified atom stereocenters. The van der Waals surface area contributed by atoms with E-state index in [1.54, 1.807) is 41.5 Å². The number of hydrogen-bond donors (Lipinski definition) is 0. The summed E-state index contributed by atoms with van der Waals surface area (Å²) in [6.45, 7) is 0.658. The van der Waals surface area contributed by atoms with E-state index in [4.69, 9.17) is 21.3 Å². The van der Waals surface area contributed by atoms with Crippen LogP contribution in [0.4, 0.5) is 0 Å². The lowest BCUT2D eigenvalue weighted by Crippen LogP contribution is -2.31. The SMILES string of the molecule is N#CCCN(Cc1ccco1)C(=O)c1ccc(Br)c(Cl)c1. The minimum absolute atomic E-state index is 0.184. The summed E-state index contributed by atoms with van der Waals surface area (Å²) in [6, 6.07) is 10.6. The molecule has 2 aromatic rings. The van der Waals surface area contributed by atoms with Crippen LogP contribution in [0.5, 0.6) is 0 Å². The normalized spacial score (nSPS) is 10.1. The maximum Gasteiger partial charge on any atom is 0.254 e. The molecule has 0 saturated carbocycles. The van der Waals surface area contributed by atoms with Gasteiger partial charge in [-0.25, -0.2) is 0 Å². The van der Waals surface area contributed by atoms with Crippen LogP contribution in [0.15, 0.2) is 45.5 Å². The molecule has 0 N–H and O–H groups in total. The van der Waals surface area contributed by atoms with Crippen molar-refractivity contribution in [2.75, 3.05) is 6.54 Å². The molecule has 0 spiro atoms. The highest BCUT2D eigenvalue weighted by atomic mass is 79.9. The third-order valence-corrected chi connectivity index (χ3v) is 4.11. The number of furan rings is 1. The maximum atomic E-state index is 12.5. The summed E-state index contributed by atoms with van der Waals surface area (Å²) >= 11 is 9.31. The van der Waals surface area contributed by atoms with Crippen LogP contribution >= 0.6 is 27.5 Å². The van der Waals surface area contributed by atoms with Gasteiger partial charge in [-0.05, 0) is 46.3 Å². The van der Waals surface area contributed by atoms with E-state index in [2.05, 4.69) is 15.9 Å². The second-order valence-electron chi connectivity index (χ2n) is 4.34. The van der Waals surface area contributed by atoms with Crippen molar-refractivity contribution in [3.63, 3.8) is 0 Å². The van der Waals surface area contributed by atoms with Crippen LogP contribution in [-0.4, -0.2) is 17.4 Å². The van der Waals surface area contributed by atoms with E-state index in [0.29, 0.717) is 29.4 Å². The number of carbonyl (C=O) groups excluding carboxylic acids is 1. The molecule has 108 valence electrons. The Labute approximate surface area is 136 Å². The molecular formula is C15H12BrClN2O2. The van der Waals surface area contributed by atoms with E-state index in [1.165, 1.54) is 0 Å². The summed E-state index contributed by atoms with van der Waals surface area (Å²) in [4.78, 5) is 14.1. The monoisotopic (exact) mass is 366 g/mol. The molecule has 1 aromatic heterocycles. The first-order chi connectivity index (χ1) is 10.1. The van der Waals surface area contributed by atoms with Gasteiger partial charge in [0.25, 0.3) is 5.91 Å². The Hall–Kier alpha value is -1.77. The fourth-order valence-electron chi connectivity index (χ4n) is 1.84. The lowest BCUT2D eigenvalue weighted by Gasteiger charge is -2.20. The van der Waals surface area contributed by atoms with E-state index >= 15 is 0 Å². The van der Waals surface area contributed by atoms with Gasteiger partial charge in [0.2, 0.25) is 0 Å². The highest BCUT2D eigenvalue weighted by Crippen LogP contribution is 2.24. The van der Waals surface area contributed by atoms with E-state index in [-0.39, 0.29) is 12.3 Å². The first kappa shape index (κ1) is 15.6. The van der Waals surface area contributed by atoms with Gasteiger partial charge in [0, 0.05) is 16.6 Å². The molecule has 0 aliphatic rings. The van der Waals surface area contributed by atoms with E-state index in [1.807, 2.05) is 6.07 Å². The van der Waals surface area contributed by atoms with Gasteiger partial charge in [-0.15, -0.1) is 0 Å². The third kappa shape index (κ3) is 4.10.